The molecule has 2 amide bonds. The van der Waals surface area contributed by atoms with Crippen LogP contribution in [0.4, 0.5) is 0 Å². The lowest BCUT2D eigenvalue weighted by atomic mass is 10.0. The number of carbonyl (C=O) groups excluding carboxylic acids is 2. The van der Waals surface area contributed by atoms with Crippen molar-refractivity contribution in [2.45, 2.75) is 51.0 Å². The number of fused-ring (bicyclic) bond motifs is 1. The molecule has 46 heavy (non-hydrogen) atoms. The minimum Gasteiger partial charge on any atom is -0.356 e. The summed E-state index contributed by atoms with van der Waals surface area (Å²) in [6.45, 7) is 4.21. The van der Waals surface area contributed by atoms with Crippen LogP contribution >= 0.6 is 0 Å². The van der Waals surface area contributed by atoms with Crippen LogP contribution < -0.4 is 15.6 Å². The number of rotatable bonds is 12. The molecule has 0 spiro atoms. The number of nitrogens with one attached hydrogen (secondary N) is 2. The quantitative estimate of drug-likeness (QED) is 0.172. The fraction of sp³-hybridized carbons (Fsp3) is 0.222. The number of benzene rings is 4. The second-order valence-electron chi connectivity index (χ2n) is 11.2. The summed E-state index contributed by atoms with van der Waals surface area (Å²) < 4.78 is 30.1. The number of carbonyl (C=O) groups is 2. The van der Waals surface area contributed by atoms with Gasteiger partial charge in [0.2, 0.25) is 11.8 Å². The van der Waals surface area contributed by atoms with E-state index in [0.29, 0.717) is 42.3 Å². The Morgan fingerprint density at radius 3 is 2.15 bits per heavy atom. The molecule has 236 valence electrons. The molecule has 5 rings (SSSR count). The first kappa shape index (κ1) is 32.3. The molecule has 5 aromatic rings. The fourth-order valence-corrected chi connectivity index (χ4v) is 6.52. The average Bonchev–Trinajstić information content (AvgIpc) is 3.04. The van der Waals surface area contributed by atoms with Crippen LogP contribution in [0.5, 0.6) is 0 Å². The molecule has 0 bridgehead atoms. The highest BCUT2D eigenvalue weighted by Crippen LogP contribution is 2.28. The van der Waals surface area contributed by atoms with Gasteiger partial charge in [-0.3, -0.25) is 14.4 Å². The van der Waals surface area contributed by atoms with Gasteiger partial charge in [0.15, 0.2) is 0 Å². The maximum absolute atomic E-state index is 13.4. The third-order valence-electron chi connectivity index (χ3n) is 7.67. The third-order valence-corrected chi connectivity index (χ3v) is 9.10. The van der Waals surface area contributed by atoms with Gasteiger partial charge in [-0.2, -0.15) is 5.10 Å². The number of hydrogen-bond donors (Lipinski definition) is 2. The van der Waals surface area contributed by atoms with Gasteiger partial charge >= 0.3 is 0 Å². The molecular weight excluding hydrogens is 600 g/mol. The maximum atomic E-state index is 13.4. The van der Waals surface area contributed by atoms with Gasteiger partial charge < -0.3 is 5.32 Å². The Balaban J connectivity index is 1.34. The molecule has 10 heteroatoms. The molecule has 2 N–H and O–H groups in total. The predicted octanol–water partition coefficient (Wildman–Crippen LogP) is 5.59. The molecule has 0 saturated carbocycles. The molecule has 0 unspecified atom stereocenters. The molecule has 0 saturated heterocycles. The van der Waals surface area contributed by atoms with Gasteiger partial charge in [0, 0.05) is 36.4 Å². The molecule has 9 nitrogen and oxygen atoms in total. The van der Waals surface area contributed by atoms with E-state index < -0.39 is 15.9 Å². The number of hydrogen-bond acceptors (Lipinski definition) is 6. The average molecular weight is 637 g/mol. The lowest BCUT2D eigenvalue weighted by molar-refractivity contribution is -0.120. The van der Waals surface area contributed by atoms with Gasteiger partial charge in [-0.05, 0) is 43.0 Å². The van der Waals surface area contributed by atoms with Gasteiger partial charge in [0.25, 0.3) is 15.6 Å². The third kappa shape index (κ3) is 7.76. The minimum atomic E-state index is -4.13. The lowest BCUT2D eigenvalue weighted by Gasteiger charge is -2.13. The summed E-state index contributed by atoms with van der Waals surface area (Å²) in [5, 5.41) is 8.82. The second-order valence-corrected chi connectivity index (χ2v) is 12.9. The van der Waals surface area contributed by atoms with E-state index in [2.05, 4.69) is 10.0 Å². The molecule has 0 fully saturated rings. The Hall–Kier alpha value is -5.09. The van der Waals surface area contributed by atoms with Crippen molar-refractivity contribution in [2.75, 3.05) is 6.54 Å². The van der Waals surface area contributed by atoms with E-state index in [1.807, 2.05) is 61.5 Å². The van der Waals surface area contributed by atoms with Gasteiger partial charge in [-0.15, -0.1) is 0 Å². The van der Waals surface area contributed by atoms with E-state index in [9.17, 15) is 22.8 Å². The zero-order valence-electron chi connectivity index (χ0n) is 25.8. The van der Waals surface area contributed by atoms with Gasteiger partial charge in [-0.25, -0.2) is 17.8 Å². The standard InChI is InChI=1S/C36H36N4O5S/c1-25-15-19-29(20-16-25)35-31-11-5-6-12-32(31)36(43)40(38-35)24-27-17-21-28(22-18-27)30-10-7-8-13-33(30)46(44,45)39-34(42)14-4-3-9-23-37-26(2)41/h5-8,10-13,15-22H,3-4,9,14,23-24H2,1-2H3,(H,37,41)(H,39,42). The van der Waals surface area contributed by atoms with Crippen LogP contribution in [-0.4, -0.2) is 36.6 Å². The summed E-state index contributed by atoms with van der Waals surface area (Å²) in [4.78, 5) is 36.9. The van der Waals surface area contributed by atoms with Gasteiger partial charge in [0.05, 0.1) is 22.5 Å². The van der Waals surface area contributed by atoms with Crippen molar-refractivity contribution in [3.05, 3.63) is 119 Å². The Kier molecular flexibility index (Phi) is 10.1. The summed E-state index contributed by atoms with van der Waals surface area (Å²) in [6.07, 6.45) is 1.96. The molecular formula is C36H36N4O5S. The predicted molar refractivity (Wildman–Crippen MR) is 180 cm³/mol. The highest BCUT2D eigenvalue weighted by atomic mass is 32.2. The van der Waals surface area contributed by atoms with Gasteiger partial charge in [0.1, 0.15) is 0 Å². The van der Waals surface area contributed by atoms with Crippen molar-refractivity contribution in [2.24, 2.45) is 0 Å². The highest BCUT2D eigenvalue weighted by molar-refractivity contribution is 7.90. The summed E-state index contributed by atoms with van der Waals surface area (Å²) in [7, 11) is -4.13. The van der Waals surface area contributed by atoms with Crippen LogP contribution in [-0.2, 0) is 26.2 Å². The molecule has 0 radical (unpaired) electrons. The van der Waals surface area contributed by atoms with Crippen molar-refractivity contribution < 1.29 is 18.0 Å². The summed E-state index contributed by atoms with van der Waals surface area (Å²) >= 11 is 0. The minimum absolute atomic E-state index is 0.00286. The van der Waals surface area contributed by atoms with Crippen LogP contribution in [0, 0.1) is 6.92 Å². The number of unbranched alkanes of at least 4 members (excludes halogenated alkanes) is 2. The van der Waals surface area contributed by atoms with E-state index in [0.717, 1.165) is 27.8 Å². The Bertz CT molecular complexity index is 2040. The molecule has 0 atom stereocenters. The van der Waals surface area contributed by atoms with Crippen LogP contribution in [0.1, 0.15) is 43.7 Å². The summed E-state index contributed by atoms with van der Waals surface area (Å²) in [5.41, 5.74) is 4.48. The first-order valence-electron chi connectivity index (χ1n) is 15.2. The number of sulfonamides is 1. The van der Waals surface area contributed by atoms with Crippen LogP contribution in [0.15, 0.2) is 107 Å². The normalized spacial score (nSPS) is 11.3. The SMILES string of the molecule is CC(=O)NCCCCCC(=O)NS(=O)(=O)c1ccccc1-c1ccc(Cn2nc(-c3ccc(C)cc3)c3ccccc3c2=O)cc1. The molecule has 0 aliphatic rings. The van der Waals surface area contributed by atoms with Crippen LogP contribution in [0.3, 0.4) is 0 Å². The Labute approximate surface area is 268 Å². The number of aromatic nitrogens is 2. The van der Waals surface area contributed by atoms with Crippen molar-refractivity contribution in [3.63, 3.8) is 0 Å². The molecule has 4 aromatic carbocycles. The monoisotopic (exact) mass is 636 g/mol. The number of aryl methyl sites for hydroxylation is 1. The van der Waals surface area contributed by atoms with Crippen molar-refractivity contribution in [3.8, 4) is 22.4 Å². The zero-order valence-corrected chi connectivity index (χ0v) is 26.6. The van der Waals surface area contributed by atoms with Crippen molar-refractivity contribution in [1.82, 2.24) is 19.8 Å². The molecule has 0 aliphatic heterocycles. The molecule has 1 aromatic heterocycles. The van der Waals surface area contributed by atoms with E-state index >= 15 is 0 Å². The van der Waals surface area contributed by atoms with Crippen molar-refractivity contribution >= 4 is 32.6 Å². The zero-order chi connectivity index (χ0) is 32.7. The lowest BCUT2D eigenvalue weighted by Crippen LogP contribution is -2.30. The number of nitrogens with zero attached hydrogens (tertiary/aromatic N) is 2. The van der Waals surface area contributed by atoms with E-state index in [-0.39, 0.29) is 29.3 Å². The fourth-order valence-electron chi connectivity index (χ4n) is 5.28. The van der Waals surface area contributed by atoms with E-state index in [1.165, 1.54) is 17.7 Å². The van der Waals surface area contributed by atoms with E-state index in [4.69, 9.17) is 5.10 Å². The number of amides is 2. The largest absolute Gasteiger partial charge is 0.356 e. The first-order chi connectivity index (χ1) is 22.1. The summed E-state index contributed by atoms with van der Waals surface area (Å²) in [5.74, 6) is -0.690. The molecule has 1 heterocycles. The second kappa shape index (κ2) is 14.3. The topological polar surface area (TPSA) is 127 Å². The van der Waals surface area contributed by atoms with Crippen LogP contribution in [0.25, 0.3) is 33.2 Å². The summed E-state index contributed by atoms with van der Waals surface area (Å²) in [6, 6.07) is 29.3. The highest BCUT2D eigenvalue weighted by Gasteiger charge is 2.21. The molecule has 0 aliphatic carbocycles. The van der Waals surface area contributed by atoms with Crippen molar-refractivity contribution in [1.29, 1.82) is 0 Å². The van der Waals surface area contributed by atoms with E-state index in [1.54, 1.807) is 36.4 Å². The smallest absolute Gasteiger partial charge is 0.274 e. The first-order valence-corrected chi connectivity index (χ1v) is 16.7. The maximum Gasteiger partial charge on any atom is 0.274 e. The van der Waals surface area contributed by atoms with Gasteiger partial charge in [-0.1, -0.05) is 96.9 Å². The Morgan fingerprint density at radius 1 is 0.783 bits per heavy atom. The Morgan fingerprint density at radius 2 is 1.43 bits per heavy atom. The van der Waals surface area contributed by atoms with Crippen LogP contribution in [0.2, 0.25) is 0 Å².